The number of amides is 1. The van der Waals surface area contributed by atoms with Gasteiger partial charge >= 0.3 is 0 Å². The third-order valence-corrected chi connectivity index (χ3v) is 4.83. The molecule has 2 aromatic rings. The molecule has 1 aliphatic rings. The van der Waals surface area contributed by atoms with E-state index in [9.17, 15) is 14.4 Å². The Hall–Kier alpha value is -2.47. The maximum absolute atomic E-state index is 12.6. The normalized spacial score (nSPS) is 20.0. The number of methoxy groups -OCH3 is 1. The van der Waals surface area contributed by atoms with E-state index in [0.717, 1.165) is 4.47 Å². The molecule has 2 atom stereocenters. The van der Waals surface area contributed by atoms with E-state index in [-0.39, 0.29) is 5.78 Å². The van der Waals surface area contributed by atoms with Gasteiger partial charge in [0.15, 0.2) is 0 Å². The third-order valence-electron chi connectivity index (χ3n) is 4.31. The minimum atomic E-state index is -1.01. The van der Waals surface area contributed by atoms with Crippen LogP contribution in [0, 0.1) is 5.92 Å². The van der Waals surface area contributed by atoms with Crippen LogP contribution in [0.5, 0.6) is 5.75 Å². The number of nitrogens with zero attached hydrogens (tertiary/aromatic N) is 1. The number of hydrogen-bond donors (Lipinski definition) is 0. The van der Waals surface area contributed by atoms with Crippen molar-refractivity contribution in [1.82, 2.24) is 0 Å². The molecular formula is C19H16BrNO4. The number of ether oxygens (including phenoxy) is 1. The van der Waals surface area contributed by atoms with Gasteiger partial charge in [-0.1, -0.05) is 28.1 Å². The molecule has 0 aliphatic carbocycles. The molecule has 128 valence electrons. The predicted octanol–water partition coefficient (Wildman–Crippen LogP) is 3.32. The van der Waals surface area contributed by atoms with Crippen LogP contribution in [0.15, 0.2) is 53.0 Å². The Morgan fingerprint density at radius 2 is 1.64 bits per heavy atom. The number of Topliss-reactive ketones (excluding diaryl/α,β-unsaturated/α-hetero) is 2. The monoisotopic (exact) mass is 401 g/mol. The second kappa shape index (κ2) is 6.80. The highest BCUT2D eigenvalue weighted by Crippen LogP contribution is 2.40. The predicted molar refractivity (Wildman–Crippen MR) is 96.5 cm³/mol. The summed E-state index contributed by atoms with van der Waals surface area (Å²) < 4.78 is 6.01. The van der Waals surface area contributed by atoms with Gasteiger partial charge in [0.1, 0.15) is 17.5 Å². The van der Waals surface area contributed by atoms with Gasteiger partial charge in [-0.2, -0.15) is 0 Å². The molecule has 0 N–H and O–H groups in total. The van der Waals surface area contributed by atoms with Crippen molar-refractivity contribution in [2.75, 3.05) is 12.0 Å². The van der Waals surface area contributed by atoms with Crippen molar-refractivity contribution in [2.45, 2.75) is 13.0 Å². The van der Waals surface area contributed by atoms with E-state index in [4.69, 9.17) is 4.74 Å². The van der Waals surface area contributed by atoms with Gasteiger partial charge in [-0.05, 0) is 48.9 Å². The van der Waals surface area contributed by atoms with Crippen molar-refractivity contribution in [3.8, 4) is 5.75 Å². The standard InChI is InChI=1S/C19H16BrNO4/c1-11(22)16-17(12-3-9-15(25-2)10-4-12)21(19(24)18(16)23)14-7-5-13(20)6-8-14/h3-10,16-17H,1-2H3. The summed E-state index contributed by atoms with van der Waals surface area (Å²) >= 11 is 3.35. The second-order valence-electron chi connectivity index (χ2n) is 5.82. The molecule has 5 nitrogen and oxygen atoms in total. The van der Waals surface area contributed by atoms with E-state index in [1.54, 1.807) is 55.6 Å². The molecule has 25 heavy (non-hydrogen) atoms. The lowest BCUT2D eigenvalue weighted by Crippen LogP contribution is -2.30. The van der Waals surface area contributed by atoms with Gasteiger partial charge in [0.05, 0.1) is 13.2 Å². The minimum absolute atomic E-state index is 0.321. The number of carbonyl (C=O) groups is 3. The quantitative estimate of drug-likeness (QED) is 0.582. The molecule has 2 aromatic carbocycles. The average molecular weight is 402 g/mol. The first-order valence-electron chi connectivity index (χ1n) is 7.71. The molecule has 0 bridgehead atoms. The van der Waals surface area contributed by atoms with Crippen molar-refractivity contribution in [3.05, 3.63) is 58.6 Å². The van der Waals surface area contributed by atoms with Crippen molar-refractivity contribution in [3.63, 3.8) is 0 Å². The first-order chi connectivity index (χ1) is 11.9. The molecule has 2 unspecified atom stereocenters. The van der Waals surface area contributed by atoms with Crippen LogP contribution in [0.1, 0.15) is 18.5 Å². The molecule has 0 aromatic heterocycles. The van der Waals surface area contributed by atoms with Crippen LogP contribution in [-0.2, 0) is 14.4 Å². The molecule has 3 rings (SSSR count). The van der Waals surface area contributed by atoms with Crippen LogP contribution in [0.4, 0.5) is 5.69 Å². The highest BCUT2D eigenvalue weighted by atomic mass is 79.9. The zero-order valence-electron chi connectivity index (χ0n) is 13.7. The number of carbonyl (C=O) groups excluding carboxylic acids is 3. The van der Waals surface area contributed by atoms with Crippen LogP contribution in [0.2, 0.25) is 0 Å². The molecule has 1 fully saturated rings. The minimum Gasteiger partial charge on any atom is -0.497 e. The Kier molecular flexibility index (Phi) is 4.72. The summed E-state index contributed by atoms with van der Waals surface area (Å²) in [4.78, 5) is 38.6. The summed E-state index contributed by atoms with van der Waals surface area (Å²) in [5.74, 6) is -2.00. The topological polar surface area (TPSA) is 63.7 Å². The maximum atomic E-state index is 12.6. The van der Waals surface area contributed by atoms with E-state index < -0.39 is 23.7 Å². The summed E-state index contributed by atoms with van der Waals surface area (Å²) in [6.45, 7) is 1.34. The largest absolute Gasteiger partial charge is 0.497 e. The first kappa shape index (κ1) is 17.4. The van der Waals surface area contributed by atoms with E-state index in [1.165, 1.54) is 11.8 Å². The van der Waals surface area contributed by atoms with Crippen molar-refractivity contribution < 1.29 is 19.1 Å². The Balaban J connectivity index is 2.12. The van der Waals surface area contributed by atoms with Crippen molar-refractivity contribution in [2.24, 2.45) is 5.92 Å². The molecular weight excluding hydrogens is 386 g/mol. The van der Waals surface area contributed by atoms with Crippen LogP contribution >= 0.6 is 15.9 Å². The van der Waals surface area contributed by atoms with Crippen LogP contribution in [0.3, 0.4) is 0 Å². The Labute approximate surface area is 153 Å². The first-order valence-corrected chi connectivity index (χ1v) is 8.50. The van der Waals surface area contributed by atoms with E-state index in [2.05, 4.69) is 15.9 Å². The summed E-state index contributed by atoms with van der Waals surface area (Å²) in [6, 6.07) is 13.5. The van der Waals surface area contributed by atoms with Gasteiger partial charge in [0.2, 0.25) is 5.78 Å². The fourth-order valence-corrected chi connectivity index (χ4v) is 3.36. The molecule has 1 saturated heterocycles. The molecule has 6 heteroatoms. The lowest BCUT2D eigenvalue weighted by molar-refractivity contribution is -0.138. The summed E-state index contributed by atoms with van der Waals surface area (Å²) in [7, 11) is 1.56. The fraction of sp³-hybridized carbons (Fsp3) is 0.211. The second-order valence-corrected chi connectivity index (χ2v) is 6.74. The van der Waals surface area contributed by atoms with Gasteiger partial charge in [0.25, 0.3) is 5.91 Å². The van der Waals surface area contributed by atoms with Gasteiger partial charge < -0.3 is 4.74 Å². The number of benzene rings is 2. The van der Waals surface area contributed by atoms with Gasteiger partial charge in [-0.25, -0.2) is 0 Å². The summed E-state index contributed by atoms with van der Waals surface area (Å²) in [5.41, 5.74) is 1.29. The Morgan fingerprint density at radius 1 is 1.04 bits per heavy atom. The number of halogens is 1. The molecule has 0 radical (unpaired) electrons. The Morgan fingerprint density at radius 3 is 2.16 bits per heavy atom. The fourth-order valence-electron chi connectivity index (χ4n) is 3.10. The van der Waals surface area contributed by atoms with Gasteiger partial charge in [-0.15, -0.1) is 0 Å². The number of ketones is 2. The zero-order valence-corrected chi connectivity index (χ0v) is 15.3. The number of rotatable bonds is 4. The average Bonchev–Trinajstić information content (AvgIpc) is 2.87. The Bertz CT molecular complexity index is 830. The summed E-state index contributed by atoms with van der Waals surface area (Å²) in [6.07, 6.45) is 0. The lowest BCUT2D eigenvalue weighted by atomic mass is 9.90. The van der Waals surface area contributed by atoms with E-state index in [0.29, 0.717) is 17.0 Å². The van der Waals surface area contributed by atoms with Crippen molar-refractivity contribution >= 4 is 39.1 Å². The van der Waals surface area contributed by atoms with E-state index in [1.807, 2.05) is 0 Å². The zero-order chi connectivity index (χ0) is 18.1. The lowest BCUT2D eigenvalue weighted by Gasteiger charge is -2.27. The van der Waals surface area contributed by atoms with Crippen LogP contribution in [0.25, 0.3) is 0 Å². The van der Waals surface area contributed by atoms with Gasteiger partial charge in [-0.3, -0.25) is 19.3 Å². The summed E-state index contributed by atoms with van der Waals surface area (Å²) in [5, 5.41) is 0. The SMILES string of the molecule is COc1ccc(C2C(C(C)=O)C(=O)C(=O)N2c2ccc(Br)cc2)cc1. The van der Waals surface area contributed by atoms with Gasteiger partial charge in [0, 0.05) is 10.2 Å². The van der Waals surface area contributed by atoms with Crippen LogP contribution < -0.4 is 9.64 Å². The highest BCUT2D eigenvalue weighted by molar-refractivity contribution is 9.10. The molecule has 1 amide bonds. The van der Waals surface area contributed by atoms with Crippen LogP contribution in [-0.4, -0.2) is 24.6 Å². The molecule has 1 aliphatic heterocycles. The molecule has 1 heterocycles. The highest BCUT2D eigenvalue weighted by Gasteiger charge is 2.50. The van der Waals surface area contributed by atoms with Crippen molar-refractivity contribution in [1.29, 1.82) is 0 Å². The maximum Gasteiger partial charge on any atom is 0.295 e. The smallest absolute Gasteiger partial charge is 0.295 e. The molecule has 0 spiro atoms. The number of hydrogen-bond acceptors (Lipinski definition) is 4. The molecule has 0 saturated carbocycles. The number of anilines is 1. The third kappa shape index (κ3) is 3.09. The van der Waals surface area contributed by atoms with E-state index >= 15 is 0 Å².